The summed E-state index contributed by atoms with van der Waals surface area (Å²) < 4.78 is 0. The van der Waals surface area contributed by atoms with Gasteiger partial charge in [0.15, 0.2) is 0 Å². The van der Waals surface area contributed by atoms with Gasteiger partial charge in [0, 0.05) is 12.0 Å². The van der Waals surface area contributed by atoms with Crippen LogP contribution in [-0.2, 0) is 0 Å². The van der Waals surface area contributed by atoms with E-state index >= 15 is 0 Å². The maximum absolute atomic E-state index is 3.76. The molecule has 0 fully saturated rings. The lowest BCUT2D eigenvalue weighted by Crippen LogP contribution is -1.84. The zero-order valence-electron chi connectivity index (χ0n) is 9.07. The van der Waals surface area contributed by atoms with Crippen molar-refractivity contribution in [3.8, 4) is 11.8 Å². The van der Waals surface area contributed by atoms with Crippen LogP contribution < -0.4 is 0 Å². The molecule has 70 valence electrons. The Labute approximate surface area is 82.0 Å². The molecule has 0 heterocycles. The van der Waals surface area contributed by atoms with Crippen molar-refractivity contribution in [3.05, 3.63) is 35.5 Å². The molecule has 0 aliphatic heterocycles. The highest BCUT2D eigenvalue weighted by molar-refractivity contribution is 5.45. The summed E-state index contributed by atoms with van der Waals surface area (Å²) >= 11 is 0. The Morgan fingerprint density at radius 1 is 1.38 bits per heavy atom. The normalized spacial score (nSPS) is 12.8. The largest absolute Gasteiger partial charge is 0.0985 e. The third kappa shape index (κ3) is 3.80. The first-order valence-electron chi connectivity index (χ1n) is 4.62. The molecule has 0 radical (unpaired) electrons. The van der Waals surface area contributed by atoms with Crippen LogP contribution in [0.2, 0.25) is 0 Å². The molecule has 0 spiro atoms. The van der Waals surface area contributed by atoms with Crippen LogP contribution in [0.3, 0.4) is 0 Å². The van der Waals surface area contributed by atoms with E-state index in [-0.39, 0.29) is 0 Å². The van der Waals surface area contributed by atoms with E-state index in [1.807, 2.05) is 19.9 Å². The van der Waals surface area contributed by atoms with Crippen LogP contribution in [0.1, 0.15) is 34.1 Å². The minimum Gasteiger partial charge on any atom is -0.0985 e. The second kappa shape index (κ2) is 6.31. The molecule has 0 aromatic rings. The zero-order chi connectivity index (χ0) is 10.3. The second-order valence-electron chi connectivity index (χ2n) is 2.85. The quantitative estimate of drug-likeness (QED) is 0.440. The predicted octanol–water partition coefficient (Wildman–Crippen LogP) is 3.87. The SMILES string of the molecule is C=CC(=C/C)/C(C)=C(/C)C#CCC. The van der Waals surface area contributed by atoms with Crippen LogP contribution >= 0.6 is 0 Å². The monoisotopic (exact) mass is 174 g/mol. The van der Waals surface area contributed by atoms with Crippen LogP contribution in [0, 0.1) is 11.8 Å². The van der Waals surface area contributed by atoms with Crippen molar-refractivity contribution < 1.29 is 0 Å². The number of hydrogen-bond donors (Lipinski definition) is 0. The zero-order valence-corrected chi connectivity index (χ0v) is 9.07. The molecule has 0 atom stereocenters. The second-order valence-corrected chi connectivity index (χ2v) is 2.85. The molecule has 0 bridgehead atoms. The van der Waals surface area contributed by atoms with E-state index in [1.165, 1.54) is 11.1 Å². The van der Waals surface area contributed by atoms with E-state index in [9.17, 15) is 0 Å². The fourth-order valence-electron chi connectivity index (χ4n) is 1.02. The number of rotatable bonds is 2. The maximum Gasteiger partial charge on any atom is 0.00639 e. The summed E-state index contributed by atoms with van der Waals surface area (Å²) in [6, 6.07) is 0. The first-order valence-corrected chi connectivity index (χ1v) is 4.62. The van der Waals surface area contributed by atoms with Gasteiger partial charge in [0.1, 0.15) is 0 Å². The Balaban J connectivity index is 4.90. The Hall–Kier alpha value is -1.22. The van der Waals surface area contributed by atoms with Gasteiger partial charge in [-0.3, -0.25) is 0 Å². The van der Waals surface area contributed by atoms with E-state index in [2.05, 4.69) is 38.3 Å². The molecule has 0 unspecified atom stereocenters. The van der Waals surface area contributed by atoms with Gasteiger partial charge in [0.05, 0.1) is 0 Å². The van der Waals surface area contributed by atoms with Crippen molar-refractivity contribution in [3.63, 3.8) is 0 Å². The highest BCUT2D eigenvalue weighted by Crippen LogP contribution is 2.14. The number of hydrogen-bond acceptors (Lipinski definition) is 0. The van der Waals surface area contributed by atoms with Gasteiger partial charge in [-0.2, -0.15) is 0 Å². The third-order valence-corrected chi connectivity index (χ3v) is 1.98. The van der Waals surface area contributed by atoms with E-state index in [4.69, 9.17) is 0 Å². The van der Waals surface area contributed by atoms with Crippen LogP contribution in [0.25, 0.3) is 0 Å². The lowest BCUT2D eigenvalue weighted by atomic mass is 10.0. The van der Waals surface area contributed by atoms with E-state index in [0.717, 1.165) is 12.0 Å². The van der Waals surface area contributed by atoms with Gasteiger partial charge in [-0.15, -0.1) is 0 Å². The van der Waals surface area contributed by atoms with Crippen molar-refractivity contribution in [2.24, 2.45) is 0 Å². The van der Waals surface area contributed by atoms with Gasteiger partial charge >= 0.3 is 0 Å². The topological polar surface area (TPSA) is 0 Å². The highest BCUT2D eigenvalue weighted by atomic mass is 14.0. The van der Waals surface area contributed by atoms with Gasteiger partial charge in [-0.25, -0.2) is 0 Å². The minimum atomic E-state index is 0.907. The van der Waals surface area contributed by atoms with Gasteiger partial charge < -0.3 is 0 Å². The summed E-state index contributed by atoms with van der Waals surface area (Å²) in [5, 5.41) is 0. The lowest BCUT2D eigenvalue weighted by Gasteiger charge is -2.02. The summed E-state index contributed by atoms with van der Waals surface area (Å²) in [6.45, 7) is 12.0. The first-order chi connectivity index (χ1) is 6.17. The van der Waals surface area contributed by atoms with Crippen molar-refractivity contribution >= 4 is 0 Å². The van der Waals surface area contributed by atoms with Gasteiger partial charge in [-0.1, -0.05) is 37.5 Å². The van der Waals surface area contributed by atoms with Crippen molar-refractivity contribution in [2.45, 2.75) is 34.1 Å². The first kappa shape index (κ1) is 11.8. The molecular weight excluding hydrogens is 156 g/mol. The number of allylic oxidation sites excluding steroid dienone is 5. The van der Waals surface area contributed by atoms with Crippen molar-refractivity contribution in [2.75, 3.05) is 0 Å². The fraction of sp³-hybridized carbons (Fsp3) is 0.385. The Bertz CT molecular complexity index is 290. The molecule has 0 heteroatoms. The Kier molecular flexibility index (Phi) is 5.72. The standard InChI is InChI=1S/C13H18/c1-6-9-10-11(4)12(5)13(7-2)8-3/h7-8H,2,6H2,1,3-5H3/b12-11-,13-8-. The summed E-state index contributed by atoms with van der Waals surface area (Å²) in [5.41, 5.74) is 3.52. The molecule has 0 rings (SSSR count). The van der Waals surface area contributed by atoms with E-state index in [0.29, 0.717) is 0 Å². The summed E-state index contributed by atoms with van der Waals surface area (Å²) in [4.78, 5) is 0. The van der Waals surface area contributed by atoms with Crippen molar-refractivity contribution in [1.82, 2.24) is 0 Å². The lowest BCUT2D eigenvalue weighted by molar-refractivity contribution is 1.27. The smallest absolute Gasteiger partial charge is 0.00639 e. The van der Waals surface area contributed by atoms with E-state index < -0.39 is 0 Å². The average molecular weight is 174 g/mol. The molecule has 0 saturated carbocycles. The van der Waals surface area contributed by atoms with Gasteiger partial charge in [-0.05, 0) is 31.9 Å². The molecular formula is C13H18. The van der Waals surface area contributed by atoms with Crippen LogP contribution in [0.4, 0.5) is 0 Å². The van der Waals surface area contributed by atoms with Crippen molar-refractivity contribution in [1.29, 1.82) is 0 Å². The molecule has 0 saturated heterocycles. The molecule has 0 aliphatic carbocycles. The maximum atomic E-state index is 3.76. The fourth-order valence-corrected chi connectivity index (χ4v) is 1.02. The average Bonchev–Trinajstić information content (AvgIpc) is 2.15. The van der Waals surface area contributed by atoms with Gasteiger partial charge in [0.2, 0.25) is 0 Å². The third-order valence-electron chi connectivity index (χ3n) is 1.98. The molecule has 13 heavy (non-hydrogen) atoms. The van der Waals surface area contributed by atoms with Crippen LogP contribution in [-0.4, -0.2) is 0 Å². The highest BCUT2D eigenvalue weighted by Gasteiger charge is 1.96. The molecule has 0 nitrogen and oxygen atoms in total. The predicted molar refractivity (Wildman–Crippen MR) is 60.4 cm³/mol. The molecule has 0 aromatic heterocycles. The Morgan fingerprint density at radius 3 is 2.38 bits per heavy atom. The molecule has 0 amide bonds. The van der Waals surface area contributed by atoms with Crippen LogP contribution in [0.15, 0.2) is 35.5 Å². The molecule has 0 aromatic carbocycles. The molecule has 0 aliphatic rings. The summed E-state index contributed by atoms with van der Waals surface area (Å²) in [5.74, 6) is 6.18. The minimum absolute atomic E-state index is 0.907. The summed E-state index contributed by atoms with van der Waals surface area (Å²) in [6.07, 6.45) is 4.83. The Morgan fingerprint density at radius 2 is 2.00 bits per heavy atom. The van der Waals surface area contributed by atoms with E-state index in [1.54, 1.807) is 0 Å². The van der Waals surface area contributed by atoms with Crippen LogP contribution in [0.5, 0.6) is 0 Å². The summed E-state index contributed by atoms with van der Waals surface area (Å²) in [7, 11) is 0. The molecule has 0 N–H and O–H groups in total. The van der Waals surface area contributed by atoms with Gasteiger partial charge in [0.25, 0.3) is 0 Å².